The van der Waals surface area contributed by atoms with E-state index in [2.05, 4.69) is 20.7 Å². The highest BCUT2D eigenvalue weighted by molar-refractivity contribution is 7.17. The number of ether oxygens (including phenoxy) is 4. The van der Waals surface area contributed by atoms with Crippen molar-refractivity contribution >= 4 is 33.1 Å². The summed E-state index contributed by atoms with van der Waals surface area (Å²) in [4.78, 5) is 9.81. The van der Waals surface area contributed by atoms with Gasteiger partial charge in [-0.05, 0) is 29.8 Å². The summed E-state index contributed by atoms with van der Waals surface area (Å²) < 4.78 is 21.5. The van der Waals surface area contributed by atoms with E-state index in [1.807, 2.05) is 36.4 Å². The minimum Gasteiger partial charge on any atom is -0.493 e. The summed E-state index contributed by atoms with van der Waals surface area (Å²) in [5.41, 5.74) is 2.83. The Labute approximate surface area is 178 Å². The Bertz CT molecular complexity index is 1190. The third-order valence-electron chi connectivity index (χ3n) is 4.71. The lowest BCUT2D eigenvalue weighted by Crippen LogP contribution is -1.97. The van der Waals surface area contributed by atoms with Gasteiger partial charge in [0.1, 0.15) is 17.0 Å². The van der Waals surface area contributed by atoms with Crippen LogP contribution in [0.3, 0.4) is 0 Å². The van der Waals surface area contributed by atoms with Crippen LogP contribution >= 0.6 is 11.3 Å². The number of aromatic nitrogens is 2. The Hall–Kier alpha value is -3.52. The second-order valence-electron chi connectivity index (χ2n) is 6.32. The smallest absolute Gasteiger partial charge is 0.162 e. The van der Waals surface area contributed by atoms with Crippen LogP contribution in [0.15, 0.2) is 48.1 Å². The van der Waals surface area contributed by atoms with Gasteiger partial charge in [-0.3, -0.25) is 0 Å². The van der Waals surface area contributed by atoms with Crippen LogP contribution in [0.2, 0.25) is 0 Å². The van der Waals surface area contributed by atoms with Crippen LogP contribution in [0.4, 0.5) is 11.5 Å². The van der Waals surface area contributed by atoms with Crippen molar-refractivity contribution < 1.29 is 18.9 Å². The van der Waals surface area contributed by atoms with E-state index in [4.69, 9.17) is 18.9 Å². The summed E-state index contributed by atoms with van der Waals surface area (Å²) in [6.45, 7) is 0. The van der Waals surface area contributed by atoms with E-state index in [-0.39, 0.29) is 0 Å². The van der Waals surface area contributed by atoms with E-state index in [0.717, 1.165) is 27.0 Å². The van der Waals surface area contributed by atoms with Gasteiger partial charge in [-0.2, -0.15) is 0 Å². The lowest BCUT2D eigenvalue weighted by Gasteiger charge is -2.12. The Morgan fingerprint density at radius 2 is 1.43 bits per heavy atom. The fourth-order valence-electron chi connectivity index (χ4n) is 3.24. The highest BCUT2D eigenvalue weighted by Gasteiger charge is 2.16. The molecule has 0 unspecified atom stereocenters. The molecule has 0 atom stereocenters. The lowest BCUT2D eigenvalue weighted by atomic mass is 10.1. The van der Waals surface area contributed by atoms with Crippen molar-refractivity contribution in [2.45, 2.75) is 0 Å². The number of thiophene rings is 1. The molecular formula is C22H21N3O4S. The van der Waals surface area contributed by atoms with Crippen LogP contribution in [-0.4, -0.2) is 38.4 Å². The number of methoxy groups -OCH3 is 4. The second kappa shape index (κ2) is 8.46. The molecule has 0 aliphatic heterocycles. The molecule has 0 amide bonds. The molecule has 0 fully saturated rings. The third kappa shape index (κ3) is 3.57. The summed E-state index contributed by atoms with van der Waals surface area (Å²) in [6.07, 6.45) is 1.56. The normalized spacial score (nSPS) is 10.7. The molecule has 154 valence electrons. The van der Waals surface area contributed by atoms with Gasteiger partial charge in [-0.25, -0.2) is 9.97 Å². The molecule has 2 heterocycles. The average molecular weight is 423 g/mol. The number of hydrogen-bond donors (Lipinski definition) is 1. The molecule has 0 bridgehead atoms. The van der Waals surface area contributed by atoms with E-state index in [0.29, 0.717) is 28.8 Å². The molecule has 4 rings (SSSR count). The van der Waals surface area contributed by atoms with Gasteiger partial charge in [0.15, 0.2) is 23.0 Å². The molecule has 2 aromatic carbocycles. The first-order valence-electron chi connectivity index (χ1n) is 9.12. The fraction of sp³-hybridized carbons (Fsp3) is 0.182. The Kier molecular flexibility index (Phi) is 5.58. The Morgan fingerprint density at radius 3 is 2.13 bits per heavy atom. The van der Waals surface area contributed by atoms with Gasteiger partial charge in [0.2, 0.25) is 0 Å². The van der Waals surface area contributed by atoms with Crippen molar-refractivity contribution in [1.82, 2.24) is 9.97 Å². The van der Waals surface area contributed by atoms with Gasteiger partial charge in [0.25, 0.3) is 0 Å². The molecule has 30 heavy (non-hydrogen) atoms. The van der Waals surface area contributed by atoms with Gasteiger partial charge in [-0.15, -0.1) is 11.3 Å². The molecule has 7 nitrogen and oxygen atoms in total. The van der Waals surface area contributed by atoms with E-state index in [1.165, 1.54) is 0 Å². The van der Waals surface area contributed by atoms with Crippen molar-refractivity contribution in [1.29, 1.82) is 0 Å². The highest BCUT2D eigenvalue weighted by Crippen LogP contribution is 2.41. The molecule has 0 saturated heterocycles. The van der Waals surface area contributed by atoms with Gasteiger partial charge >= 0.3 is 0 Å². The standard InChI is InChI=1S/C22H21N3O4S/c1-26-16-7-5-13(9-18(16)28-3)15-11-30-22-20(15)21(23-12-24-22)25-14-6-8-17(27-2)19(10-14)29-4/h5-12H,1-4H3,(H,23,24,25). The van der Waals surface area contributed by atoms with Crippen molar-refractivity contribution in [3.63, 3.8) is 0 Å². The van der Waals surface area contributed by atoms with E-state index in [9.17, 15) is 0 Å². The molecule has 0 aliphatic carbocycles. The highest BCUT2D eigenvalue weighted by atomic mass is 32.1. The SMILES string of the molecule is COc1ccc(Nc2ncnc3scc(-c4ccc(OC)c(OC)c4)c23)cc1OC. The Balaban J connectivity index is 1.79. The van der Waals surface area contributed by atoms with Crippen LogP contribution < -0.4 is 24.3 Å². The zero-order valence-corrected chi connectivity index (χ0v) is 17.9. The number of benzene rings is 2. The first kappa shape index (κ1) is 19.8. The first-order chi connectivity index (χ1) is 14.7. The van der Waals surface area contributed by atoms with Crippen molar-refractivity contribution in [3.8, 4) is 34.1 Å². The molecule has 8 heteroatoms. The molecule has 4 aromatic rings. The molecule has 1 N–H and O–H groups in total. The van der Waals surface area contributed by atoms with Gasteiger partial charge in [0.05, 0.1) is 33.8 Å². The summed E-state index contributed by atoms with van der Waals surface area (Å²) in [5, 5.41) is 6.39. The molecule has 2 aromatic heterocycles. The number of rotatable bonds is 7. The maximum Gasteiger partial charge on any atom is 0.162 e. The van der Waals surface area contributed by atoms with Gasteiger partial charge in [0, 0.05) is 22.7 Å². The van der Waals surface area contributed by atoms with E-state index >= 15 is 0 Å². The number of nitrogens with one attached hydrogen (secondary N) is 1. The van der Waals surface area contributed by atoms with Crippen LogP contribution in [0.1, 0.15) is 0 Å². The van der Waals surface area contributed by atoms with E-state index < -0.39 is 0 Å². The van der Waals surface area contributed by atoms with Crippen molar-refractivity contribution in [3.05, 3.63) is 48.1 Å². The zero-order valence-electron chi connectivity index (χ0n) is 17.1. The maximum absolute atomic E-state index is 5.47. The fourth-order valence-corrected chi connectivity index (χ4v) is 4.15. The average Bonchev–Trinajstić information content (AvgIpc) is 3.23. The first-order valence-corrected chi connectivity index (χ1v) is 10.00. The lowest BCUT2D eigenvalue weighted by molar-refractivity contribution is 0.355. The van der Waals surface area contributed by atoms with Crippen LogP contribution in [0.25, 0.3) is 21.3 Å². The number of anilines is 2. The number of fused-ring (bicyclic) bond motifs is 1. The van der Waals surface area contributed by atoms with Crippen molar-refractivity contribution in [2.75, 3.05) is 33.8 Å². The van der Waals surface area contributed by atoms with Crippen LogP contribution in [0.5, 0.6) is 23.0 Å². The van der Waals surface area contributed by atoms with Crippen LogP contribution in [-0.2, 0) is 0 Å². The largest absolute Gasteiger partial charge is 0.493 e. The number of nitrogens with zero attached hydrogens (tertiary/aromatic N) is 2. The van der Waals surface area contributed by atoms with Crippen molar-refractivity contribution in [2.24, 2.45) is 0 Å². The summed E-state index contributed by atoms with van der Waals surface area (Å²) in [5.74, 6) is 3.36. The summed E-state index contributed by atoms with van der Waals surface area (Å²) in [7, 11) is 6.47. The van der Waals surface area contributed by atoms with Crippen LogP contribution in [0, 0.1) is 0 Å². The van der Waals surface area contributed by atoms with E-state index in [1.54, 1.807) is 46.1 Å². The zero-order chi connectivity index (χ0) is 21.1. The molecule has 0 saturated carbocycles. The predicted octanol–water partition coefficient (Wildman–Crippen LogP) is 5.14. The molecule has 0 radical (unpaired) electrons. The predicted molar refractivity (Wildman–Crippen MR) is 119 cm³/mol. The topological polar surface area (TPSA) is 74.7 Å². The minimum atomic E-state index is 0.637. The monoisotopic (exact) mass is 423 g/mol. The third-order valence-corrected chi connectivity index (χ3v) is 5.60. The molecule has 0 aliphatic rings. The molecule has 0 spiro atoms. The Morgan fingerprint density at radius 1 is 0.767 bits per heavy atom. The van der Waals surface area contributed by atoms with Gasteiger partial charge in [-0.1, -0.05) is 6.07 Å². The quantitative estimate of drug-likeness (QED) is 0.441. The van der Waals surface area contributed by atoms with Gasteiger partial charge < -0.3 is 24.3 Å². The number of hydrogen-bond acceptors (Lipinski definition) is 8. The summed E-state index contributed by atoms with van der Waals surface area (Å²) in [6, 6.07) is 11.5. The maximum atomic E-state index is 5.47. The minimum absolute atomic E-state index is 0.637. The second-order valence-corrected chi connectivity index (χ2v) is 7.17. The summed E-state index contributed by atoms with van der Waals surface area (Å²) >= 11 is 1.56. The molecular weight excluding hydrogens is 402 g/mol.